The van der Waals surface area contributed by atoms with E-state index in [1.165, 1.54) is 41.7 Å². The van der Waals surface area contributed by atoms with Gasteiger partial charge in [-0.2, -0.15) is 0 Å². The van der Waals surface area contributed by atoms with Crippen LogP contribution in [0.15, 0.2) is 23.8 Å². The second-order valence-corrected chi connectivity index (χ2v) is 11.0. The maximum atomic E-state index is 12.1. The van der Waals surface area contributed by atoms with Gasteiger partial charge >= 0.3 is 35.8 Å². The third-order valence-corrected chi connectivity index (χ3v) is 7.01. The first-order valence-corrected chi connectivity index (χ1v) is 14.7. The Hall–Kier alpha value is -3.70. The van der Waals surface area contributed by atoms with Gasteiger partial charge in [-0.1, -0.05) is 39.0 Å². The van der Waals surface area contributed by atoms with E-state index < -0.39 is 66.1 Å². The molecule has 0 rings (SSSR count). The van der Waals surface area contributed by atoms with Crippen LogP contribution in [-0.2, 0) is 57.2 Å². The number of esters is 6. The van der Waals surface area contributed by atoms with Gasteiger partial charge in [-0.15, -0.1) is 0 Å². The molecule has 0 radical (unpaired) electrons. The highest BCUT2D eigenvalue weighted by molar-refractivity contribution is 5.87. The Morgan fingerprint density at radius 2 is 1.11 bits per heavy atom. The lowest BCUT2D eigenvalue weighted by Crippen LogP contribution is -2.40. The van der Waals surface area contributed by atoms with Crippen LogP contribution < -0.4 is 0 Å². The molecule has 0 aliphatic rings. The van der Waals surface area contributed by atoms with Crippen molar-refractivity contribution in [1.29, 1.82) is 0 Å². The van der Waals surface area contributed by atoms with Crippen molar-refractivity contribution in [2.45, 2.75) is 112 Å². The summed E-state index contributed by atoms with van der Waals surface area (Å²) in [6.07, 6.45) is 3.46. The van der Waals surface area contributed by atoms with Gasteiger partial charge < -0.3 is 28.4 Å². The topological polar surface area (TPSA) is 158 Å². The minimum atomic E-state index is -0.798. The number of hydrogen-bond acceptors (Lipinski definition) is 12. The highest BCUT2D eigenvalue weighted by Gasteiger charge is 2.35. The van der Waals surface area contributed by atoms with Crippen molar-refractivity contribution in [3.8, 4) is 0 Å². The second-order valence-electron chi connectivity index (χ2n) is 11.0. The van der Waals surface area contributed by atoms with Crippen LogP contribution in [0.5, 0.6) is 0 Å². The van der Waals surface area contributed by atoms with Gasteiger partial charge in [0.1, 0.15) is 24.4 Å². The van der Waals surface area contributed by atoms with E-state index in [9.17, 15) is 28.8 Å². The van der Waals surface area contributed by atoms with Crippen molar-refractivity contribution in [3.63, 3.8) is 0 Å². The van der Waals surface area contributed by atoms with E-state index in [1.54, 1.807) is 32.1 Å². The van der Waals surface area contributed by atoms with Crippen molar-refractivity contribution in [1.82, 2.24) is 0 Å². The molecule has 0 spiro atoms. The number of methoxy groups -OCH3 is 1. The Balaban J connectivity index is 6.00. The summed E-state index contributed by atoms with van der Waals surface area (Å²) in [5, 5.41) is 0. The Labute approximate surface area is 260 Å². The number of allylic oxidation sites excluding steroid dienone is 2. The summed E-state index contributed by atoms with van der Waals surface area (Å²) in [5.74, 6) is -4.05. The molecule has 0 saturated heterocycles. The van der Waals surface area contributed by atoms with E-state index >= 15 is 0 Å². The molecule has 0 N–H and O–H groups in total. The normalized spacial score (nSPS) is 16.4. The molecule has 0 saturated carbocycles. The summed E-state index contributed by atoms with van der Waals surface area (Å²) in [5.41, 5.74) is 0.382. The van der Waals surface area contributed by atoms with Crippen LogP contribution in [-0.4, -0.2) is 73.9 Å². The van der Waals surface area contributed by atoms with E-state index in [1.807, 2.05) is 13.8 Å². The maximum Gasteiger partial charge on any atom is 0.333 e. The summed E-state index contributed by atoms with van der Waals surface area (Å²) >= 11 is 0. The molecular weight excluding hydrogens is 576 g/mol. The summed E-state index contributed by atoms with van der Waals surface area (Å²) in [6.45, 7) is 13.6. The molecule has 12 heteroatoms. The fraction of sp³-hybridized carbons (Fsp3) is 0.688. The summed E-state index contributed by atoms with van der Waals surface area (Å²) < 4.78 is 32.1. The highest BCUT2D eigenvalue weighted by atomic mass is 16.6. The molecule has 0 aliphatic carbocycles. The average Bonchev–Trinajstić information content (AvgIpc) is 2.91. The summed E-state index contributed by atoms with van der Waals surface area (Å²) in [4.78, 5) is 70.8. The van der Waals surface area contributed by atoms with E-state index in [2.05, 4.69) is 0 Å². The molecule has 44 heavy (non-hydrogen) atoms. The second kappa shape index (κ2) is 21.1. The Morgan fingerprint density at radius 1 is 0.614 bits per heavy atom. The van der Waals surface area contributed by atoms with Crippen LogP contribution in [0.2, 0.25) is 0 Å². The average molecular weight is 627 g/mol. The number of rotatable bonds is 19. The fourth-order valence-electron chi connectivity index (χ4n) is 4.61. The third kappa shape index (κ3) is 17.4. The monoisotopic (exact) mass is 626 g/mol. The lowest BCUT2D eigenvalue weighted by Gasteiger charge is -2.34. The maximum absolute atomic E-state index is 12.1. The van der Waals surface area contributed by atoms with Gasteiger partial charge in [0.15, 0.2) is 0 Å². The predicted molar refractivity (Wildman–Crippen MR) is 160 cm³/mol. The summed E-state index contributed by atoms with van der Waals surface area (Å²) in [7, 11) is 1.28. The largest absolute Gasteiger partial charge is 0.466 e. The van der Waals surface area contributed by atoms with Crippen LogP contribution in [0.25, 0.3) is 0 Å². The van der Waals surface area contributed by atoms with Gasteiger partial charge in [0.25, 0.3) is 0 Å². The SMILES string of the molecule is COC(=O)/C(C)=C/C=C/C(C)C(CC(OC(C)=O)C(C)C(CCC(C)C(CCOC(C)=O)OC(C)=O)OC(C)=O)OC(C)=O. The van der Waals surface area contributed by atoms with E-state index in [0.717, 1.165) is 0 Å². The van der Waals surface area contributed by atoms with Gasteiger partial charge in [-0.3, -0.25) is 24.0 Å². The molecular formula is C32H50O12. The van der Waals surface area contributed by atoms with Crippen LogP contribution in [0, 0.1) is 17.8 Å². The minimum Gasteiger partial charge on any atom is -0.466 e. The minimum absolute atomic E-state index is 0.0815. The first-order valence-electron chi connectivity index (χ1n) is 14.7. The standard InChI is InChI=1S/C32H50O12/c1-19(12-11-13-21(3)32(38)39-10)30(43-26(8)36)18-31(44-27(9)37)22(4)29(42-25(7)35)15-14-20(2)28(41-24(6)34)16-17-40-23(5)33/h11-13,19-20,22,28-31H,14-18H2,1-10H3/b12-11+,21-13+. The number of ether oxygens (including phenoxy) is 6. The van der Waals surface area contributed by atoms with Crippen molar-refractivity contribution < 1.29 is 57.2 Å². The quantitative estimate of drug-likeness (QED) is 0.0861. The number of carbonyl (C=O) groups excluding carboxylic acids is 6. The zero-order valence-electron chi connectivity index (χ0n) is 27.7. The third-order valence-electron chi connectivity index (χ3n) is 7.01. The van der Waals surface area contributed by atoms with Crippen LogP contribution in [0.1, 0.15) is 88.0 Å². The zero-order chi connectivity index (χ0) is 34.0. The van der Waals surface area contributed by atoms with Crippen LogP contribution in [0.4, 0.5) is 0 Å². The van der Waals surface area contributed by atoms with Crippen molar-refractivity contribution in [2.24, 2.45) is 17.8 Å². The van der Waals surface area contributed by atoms with Gasteiger partial charge in [-0.05, 0) is 25.7 Å². The van der Waals surface area contributed by atoms with Crippen molar-refractivity contribution in [2.75, 3.05) is 13.7 Å². The van der Waals surface area contributed by atoms with Crippen molar-refractivity contribution in [3.05, 3.63) is 23.8 Å². The lowest BCUT2D eigenvalue weighted by molar-refractivity contribution is -0.163. The molecule has 0 aromatic rings. The number of hydrogen-bond donors (Lipinski definition) is 0. The van der Waals surface area contributed by atoms with Gasteiger partial charge in [-0.25, -0.2) is 4.79 Å². The van der Waals surface area contributed by atoms with E-state index in [-0.39, 0.29) is 24.9 Å². The molecule has 7 atom stereocenters. The molecule has 0 heterocycles. The predicted octanol–water partition coefficient (Wildman–Crippen LogP) is 4.42. The van der Waals surface area contributed by atoms with Gasteiger partial charge in [0.2, 0.25) is 0 Å². The lowest BCUT2D eigenvalue weighted by atomic mass is 9.86. The molecule has 0 amide bonds. The van der Waals surface area contributed by atoms with E-state index in [4.69, 9.17) is 28.4 Å². The molecule has 7 unspecified atom stereocenters. The highest BCUT2D eigenvalue weighted by Crippen LogP contribution is 2.29. The zero-order valence-corrected chi connectivity index (χ0v) is 27.7. The molecule has 12 nitrogen and oxygen atoms in total. The Bertz CT molecular complexity index is 1030. The summed E-state index contributed by atoms with van der Waals surface area (Å²) in [6, 6.07) is 0. The Kier molecular flexibility index (Phi) is 19.3. The first-order chi connectivity index (χ1) is 20.5. The van der Waals surface area contributed by atoms with Gasteiger partial charge in [0, 0.05) is 64.9 Å². The van der Waals surface area contributed by atoms with E-state index in [0.29, 0.717) is 24.8 Å². The molecule has 0 aliphatic heterocycles. The van der Waals surface area contributed by atoms with Crippen molar-refractivity contribution >= 4 is 35.8 Å². The first kappa shape index (κ1) is 40.3. The molecule has 0 fully saturated rings. The molecule has 0 bridgehead atoms. The fourth-order valence-corrected chi connectivity index (χ4v) is 4.61. The van der Waals surface area contributed by atoms with Crippen LogP contribution in [0.3, 0.4) is 0 Å². The molecule has 0 aromatic heterocycles. The van der Waals surface area contributed by atoms with Crippen LogP contribution >= 0.6 is 0 Å². The Morgan fingerprint density at radius 3 is 1.61 bits per heavy atom. The molecule has 0 aromatic carbocycles. The smallest absolute Gasteiger partial charge is 0.333 e. The molecule has 250 valence electrons. The van der Waals surface area contributed by atoms with Gasteiger partial charge in [0.05, 0.1) is 13.7 Å². The number of carbonyl (C=O) groups is 6.